The smallest absolute Gasteiger partial charge is 0.168 e. The molecule has 0 aliphatic heterocycles. The highest BCUT2D eigenvalue weighted by Gasteiger charge is 2.11. The van der Waals surface area contributed by atoms with Gasteiger partial charge < -0.3 is 9.47 Å². The zero-order valence-electron chi connectivity index (χ0n) is 10.6. The molecule has 0 aliphatic rings. The number of benzene rings is 1. The predicted octanol–water partition coefficient (Wildman–Crippen LogP) is 3.08. The van der Waals surface area contributed by atoms with E-state index in [4.69, 9.17) is 9.47 Å². The number of hydrogen-bond donors (Lipinski definition) is 0. The van der Waals surface area contributed by atoms with E-state index in [1.165, 1.54) is 0 Å². The van der Waals surface area contributed by atoms with Crippen LogP contribution in [0, 0.1) is 0 Å². The van der Waals surface area contributed by atoms with Gasteiger partial charge in [0.25, 0.3) is 0 Å². The molecule has 0 heterocycles. The Kier molecular flexibility index (Phi) is 6.33. The van der Waals surface area contributed by atoms with Gasteiger partial charge in [-0.05, 0) is 25.5 Å². The van der Waals surface area contributed by atoms with Gasteiger partial charge in [-0.1, -0.05) is 19.1 Å². The predicted molar refractivity (Wildman–Crippen MR) is 67.7 cm³/mol. The first-order valence-corrected chi connectivity index (χ1v) is 6.12. The molecule has 3 heteroatoms. The van der Waals surface area contributed by atoms with Gasteiger partial charge in [-0.3, -0.25) is 4.79 Å². The van der Waals surface area contributed by atoms with Crippen LogP contribution in [0.1, 0.15) is 37.0 Å². The molecule has 17 heavy (non-hydrogen) atoms. The number of Topliss-reactive ketones (excluding diaryl/α,β-unsaturated/α-hetero) is 1. The van der Waals surface area contributed by atoms with Crippen molar-refractivity contribution in [2.24, 2.45) is 0 Å². The van der Waals surface area contributed by atoms with Crippen molar-refractivity contribution in [2.75, 3.05) is 19.8 Å². The Balaban J connectivity index is 2.64. The summed E-state index contributed by atoms with van der Waals surface area (Å²) in [5.41, 5.74) is 0.653. The monoisotopic (exact) mass is 236 g/mol. The molecule has 0 spiro atoms. The highest BCUT2D eigenvalue weighted by Crippen LogP contribution is 2.19. The van der Waals surface area contributed by atoms with Gasteiger partial charge in [-0.25, -0.2) is 0 Å². The zero-order valence-corrected chi connectivity index (χ0v) is 10.6. The molecule has 0 amide bonds. The second-order valence-electron chi connectivity index (χ2n) is 3.71. The topological polar surface area (TPSA) is 35.5 Å². The highest BCUT2D eigenvalue weighted by molar-refractivity contribution is 5.98. The third kappa shape index (κ3) is 4.57. The van der Waals surface area contributed by atoms with Crippen LogP contribution in [-0.2, 0) is 4.74 Å². The fourth-order valence-electron chi connectivity index (χ4n) is 1.48. The molecule has 0 N–H and O–H groups in total. The third-order valence-corrected chi connectivity index (χ3v) is 2.33. The molecule has 1 aromatic carbocycles. The average molecular weight is 236 g/mol. The molecule has 3 nitrogen and oxygen atoms in total. The Morgan fingerprint density at radius 2 is 1.94 bits per heavy atom. The van der Waals surface area contributed by atoms with Crippen molar-refractivity contribution in [3.63, 3.8) is 0 Å². The Morgan fingerprint density at radius 1 is 1.18 bits per heavy atom. The lowest BCUT2D eigenvalue weighted by atomic mass is 10.1. The molecule has 94 valence electrons. The number of carbonyl (C=O) groups is 1. The molecule has 0 aromatic heterocycles. The molecule has 1 aromatic rings. The van der Waals surface area contributed by atoms with E-state index in [0.717, 1.165) is 6.42 Å². The molecule has 0 atom stereocenters. The average Bonchev–Trinajstić information content (AvgIpc) is 2.37. The number of carbonyl (C=O) groups excluding carboxylic acids is 1. The van der Waals surface area contributed by atoms with Crippen LogP contribution in [0.3, 0.4) is 0 Å². The molecule has 1 rings (SSSR count). The van der Waals surface area contributed by atoms with Gasteiger partial charge in [0.15, 0.2) is 5.78 Å². The highest BCUT2D eigenvalue weighted by atomic mass is 16.5. The Hall–Kier alpha value is -1.35. The molecule has 0 bridgehead atoms. The van der Waals surface area contributed by atoms with E-state index in [9.17, 15) is 4.79 Å². The molecule has 0 saturated carbocycles. The summed E-state index contributed by atoms with van der Waals surface area (Å²) in [6.45, 7) is 5.71. The summed E-state index contributed by atoms with van der Waals surface area (Å²) in [7, 11) is 0. The number of ketones is 1. The molecule has 0 saturated heterocycles. The Bertz CT molecular complexity index is 347. The lowest BCUT2D eigenvalue weighted by Crippen LogP contribution is -2.07. The molecule has 0 aliphatic carbocycles. The van der Waals surface area contributed by atoms with Crippen LogP contribution in [0.5, 0.6) is 5.75 Å². The van der Waals surface area contributed by atoms with Gasteiger partial charge in [0.1, 0.15) is 5.75 Å². The summed E-state index contributed by atoms with van der Waals surface area (Å²) in [6.07, 6.45) is 1.34. The van der Waals surface area contributed by atoms with Crippen LogP contribution in [0.15, 0.2) is 24.3 Å². The molecule has 0 unspecified atom stereocenters. The Labute approximate surface area is 103 Å². The van der Waals surface area contributed by atoms with Crippen LogP contribution in [0.4, 0.5) is 0 Å². The third-order valence-electron chi connectivity index (χ3n) is 2.33. The van der Waals surface area contributed by atoms with Crippen molar-refractivity contribution in [1.29, 1.82) is 0 Å². The second kappa shape index (κ2) is 7.85. The summed E-state index contributed by atoms with van der Waals surface area (Å²) in [4.78, 5) is 11.9. The summed E-state index contributed by atoms with van der Waals surface area (Å²) in [5.74, 6) is 0.751. The second-order valence-corrected chi connectivity index (χ2v) is 3.71. The summed E-state index contributed by atoms with van der Waals surface area (Å²) >= 11 is 0. The van der Waals surface area contributed by atoms with Crippen molar-refractivity contribution < 1.29 is 14.3 Å². The zero-order chi connectivity index (χ0) is 12.5. The lowest BCUT2D eigenvalue weighted by molar-refractivity contribution is 0.0892. The summed E-state index contributed by atoms with van der Waals surface area (Å²) in [5, 5.41) is 0. The largest absolute Gasteiger partial charge is 0.493 e. The van der Waals surface area contributed by atoms with E-state index in [1.54, 1.807) is 6.07 Å². The minimum atomic E-state index is 0.0742. The number of ether oxygens (including phenoxy) is 2. The summed E-state index contributed by atoms with van der Waals surface area (Å²) < 4.78 is 10.7. The van der Waals surface area contributed by atoms with Gasteiger partial charge in [0.2, 0.25) is 0 Å². The molecule has 0 radical (unpaired) electrons. The van der Waals surface area contributed by atoms with Crippen LogP contribution >= 0.6 is 0 Å². The Morgan fingerprint density at radius 3 is 2.65 bits per heavy atom. The number of rotatable bonds is 8. The van der Waals surface area contributed by atoms with E-state index in [0.29, 0.717) is 37.6 Å². The maximum Gasteiger partial charge on any atom is 0.168 e. The fourth-order valence-corrected chi connectivity index (χ4v) is 1.48. The van der Waals surface area contributed by atoms with E-state index in [-0.39, 0.29) is 5.78 Å². The summed E-state index contributed by atoms with van der Waals surface area (Å²) in [6, 6.07) is 7.37. The quantitative estimate of drug-likeness (QED) is 0.514. The van der Waals surface area contributed by atoms with Crippen molar-refractivity contribution in [2.45, 2.75) is 26.7 Å². The SMILES string of the molecule is CCCOc1ccccc1C(=O)CCOCC. The van der Waals surface area contributed by atoms with Gasteiger partial charge >= 0.3 is 0 Å². The fraction of sp³-hybridized carbons (Fsp3) is 0.500. The van der Waals surface area contributed by atoms with Gasteiger partial charge in [-0.15, -0.1) is 0 Å². The number of hydrogen-bond acceptors (Lipinski definition) is 3. The van der Waals surface area contributed by atoms with Crippen LogP contribution < -0.4 is 4.74 Å². The van der Waals surface area contributed by atoms with Gasteiger partial charge in [-0.2, -0.15) is 0 Å². The maximum absolute atomic E-state index is 11.9. The number of para-hydroxylation sites is 1. The first kappa shape index (κ1) is 13.7. The van der Waals surface area contributed by atoms with Crippen molar-refractivity contribution in [3.05, 3.63) is 29.8 Å². The maximum atomic E-state index is 11.9. The van der Waals surface area contributed by atoms with Crippen molar-refractivity contribution in [1.82, 2.24) is 0 Å². The van der Waals surface area contributed by atoms with Crippen molar-refractivity contribution in [3.8, 4) is 5.75 Å². The van der Waals surface area contributed by atoms with Crippen LogP contribution in [-0.4, -0.2) is 25.6 Å². The van der Waals surface area contributed by atoms with E-state index in [2.05, 4.69) is 0 Å². The van der Waals surface area contributed by atoms with Crippen LogP contribution in [0.2, 0.25) is 0 Å². The van der Waals surface area contributed by atoms with E-state index >= 15 is 0 Å². The van der Waals surface area contributed by atoms with Gasteiger partial charge in [0, 0.05) is 13.0 Å². The normalized spacial score (nSPS) is 10.2. The lowest BCUT2D eigenvalue weighted by Gasteiger charge is -2.09. The molecular formula is C14H20O3. The van der Waals surface area contributed by atoms with Crippen LogP contribution in [0.25, 0.3) is 0 Å². The molecular weight excluding hydrogens is 216 g/mol. The van der Waals surface area contributed by atoms with E-state index in [1.807, 2.05) is 32.0 Å². The standard InChI is InChI=1S/C14H20O3/c1-3-10-17-14-8-6-5-7-12(14)13(15)9-11-16-4-2/h5-8H,3-4,9-11H2,1-2H3. The van der Waals surface area contributed by atoms with Crippen molar-refractivity contribution >= 4 is 5.78 Å². The van der Waals surface area contributed by atoms with E-state index < -0.39 is 0 Å². The molecule has 0 fully saturated rings. The first-order chi connectivity index (χ1) is 8.29. The van der Waals surface area contributed by atoms with Gasteiger partial charge in [0.05, 0.1) is 18.8 Å². The minimum absolute atomic E-state index is 0.0742. The first-order valence-electron chi connectivity index (χ1n) is 6.12. The minimum Gasteiger partial charge on any atom is -0.493 e.